The van der Waals surface area contributed by atoms with Crippen molar-refractivity contribution in [2.45, 2.75) is 67.6 Å². The van der Waals surface area contributed by atoms with Crippen molar-refractivity contribution in [1.29, 1.82) is 0 Å². The molecule has 0 unspecified atom stereocenters. The Bertz CT molecular complexity index is 2710. The molecule has 0 atom stereocenters. The highest BCUT2D eigenvalue weighted by Gasteiger charge is 2.45. The van der Waals surface area contributed by atoms with Gasteiger partial charge in [-0.2, -0.15) is 29.8 Å². The quantitative estimate of drug-likeness (QED) is 0.0417. The van der Waals surface area contributed by atoms with Gasteiger partial charge in [0.15, 0.2) is 12.3 Å². The van der Waals surface area contributed by atoms with Gasteiger partial charge in [-0.05, 0) is 74.2 Å². The van der Waals surface area contributed by atoms with E-state index in [4.69, 9.17) is 0 Å². The van der Waals surface area contributed by atoms with Crippen LogP contribution in [0, 0.1) is 0 Å². The Morgan fingerprint density at radius 1 is 0.806 bits per heavy atom. The van der Waals surface area contributed by atoms with Crippen LogP contribution in [0.1, 0.15) is 58.1 Å². The van der Waals surface area contributed by atoms with Crippen molar-refractivity contribution in [3.63, 3.8) is 0 Å². The minimum absolute atomic E-state index is 0.0185. The van der Waals surface area contributed by atoms with E-state index in [0.29, 0.717) is 59.0 Å². The fourth-order valence-electron chi connectivity index (χ4n) is 7.21. The van der Waals surface area contributed by atoms with Gasteiger partial charge in [-0.3, -0.25) is 23.2 Å². The Balaban J connectivity index is 1.75. The lowest BCUT2D eigenvalue weighted by Crippen LogP contribution is -2.30. The number of hydrogen-bond donors (Lipinski definition) is 5. The molecule has 0 aliphatic carbocycles. The molecule has 0 spiro atoms. The van der Waals surface area contributed by atoms with E-state index in [9.17, 15) is 61.5 Å². The molecule has 2 aromatic rings. The van der Waals surface area contributed by atoms with E-state index in [0.717, 1.165) is 6.07 Å². The van der Waals surface area contributed by atoms with Crippen molar-refractivity contribution < 1.29 is 66.0 Å². The second kappa shape index (κ2) is 19.8. The molecular weight excluding hydrogens is 957 g/mol. The molecular formula is C39H49BrN4O14S4. The maximum atomic E-state index is 12.9. The molecule has 2 aromatic carbocycles. The summed E-state index contributed by atoms with van der Waals surface area (Å²) in [4.78, 5) is 25.2. The Kier molecular flexibility index (Phi) is 16.1. The van der Waals surface area contributed by atoms with Crippen LogP contribution in [0.3, 0.4) is 0 Å². The molecule has 62 heavy (non-hydrogen) atoms. The predicted molar refractivity (Wildman–Crippen MR) is 235 cm³/mol. The zero-order valence-electron chi connectivity index (χ0n) is 34.2. The van der Waals surface area contributed by atoms with Crippen LogP contribution in [0.25, 0.3) is 0 Å². The number of anilines is 1. The summed E-state index contributed by atoms with van der Waals surface area (Å²) >= 11 is 3.06. The van der Waals surface area contributed by atoms with Crippen LogP contribution < -0.4 is 15.5 Å². The van der Waals surface area contributed by atoms with E-state index < -0.39 is 67.7 Å². The third kappa shape index (κ3) is 13.2. The van der Waals surface area contributed by atoms with Crippen molar-refractivity contribution in [3.8, 4) is 0 Å². The summed E-state index contributed by atoms with van der Waals surface area (Å²) in [5.41, 5.74) is 1.41. The molecule has 0 saturated heterocycles. The van der Waals surface area contributed by atoms with Crippen molar-refractivity contribution in [3.05, 3.63) is 95.3 Å². The highest BCUT2D eigenvalue weighted by Crippen LogP contribution is 2.48. The molecule has 5 N–H and O–H groups in total. The van der Waals surface area contributed by atoms with Crippen LogP contribution in [0.2, 0.25) is 0 Å². The summed E-state index contributed by atoms with van der Waals surface area (Å²) in [5.74, 6) is -1.82. The molecule has 2 aliphatic rings. The van der Waals surface area contributed by atoms with Gasteiger partial charge in [0.1, 0.15) is 15.9 Å². The molecule has 0 bridgehead atoms. The van der Waals surface area contributed by atoms with Gasteiger partial charge in [-0.15, -0.1) is 0 Å². The molecule has 2 amide bonds. The normalized spacial score (nSPS) is 17.3. The fourth-order valence-corrected chi connectivity index (χ4v) is 9.23. The molecule has 0 radical (unpaired) electrons. The molecule has 340 valence electrons. The van der Waals surface area contributed by atoms with E-state index in [2.05, 4.69) is 26.6 Å². The number of amides is 2. The van der Waals surface area contributed by atoms with Gasteiger partial charge in [0, 0.05) is 60.6 Å². The summed E-state index contributed by atoms with van der Waals surface area (Å²) in [7, 11) is -18.3. The number of carbonyl (C=O) groups is 2. The molecule has 0 saturated carbocycles. The van der Waals surface area contributed by atoms with Gasteiger partial charge >= 0.3 is 0 Å². The molecule has 18 nitrogen and oxygen atoms in total. The molecule has 4 rings (SSSR count). The van der Waals surface area contributed by atoms with Crippen LogP contribution >= 0.6 is 15.9 Å². The topological polar surface area (TPSA) is 285 Å². The van der Waals surface area contributed by atoms with Crippen LogP contribution in [0.4, 0.5) is 11.4 Å². The lowest BCUT2D eigenvalue weighted by molar-refractivity contribution is -0.432. The van der Waals surface area contributed by atoms with Gasteiger partial charge in [0.05, 0.1) is 26.3 Å². The second-order valence-electron chi connectivity index (χ2n) is 15.5. The average Bonchev–Trinajstić information content (AvgIpc) is 3.50. The number of benzene rings is 2. The summed E-state index contributed by atoms with van der Waals surface area (Å²) < 4.78 is 138. The average molecular weight is 1010 g/mol. The third-order valence-electron chi connectivity index (χ3n) is 10.3. The first kappa shape index (κ1) is 50.6. The predicted octanol–water partition coefficient (Wildman–Crippen LogP) is 3.51. The van der Waals surface area contributed by atoms with Gasteiger partial charge in [0.25, 0.3) is 30.4 Å². The Morgan fingerprint density at radius 2 is 1.42 bits per heavy atom. The summed E-state index contributed by atoms with van der Waals surface area (Å²) in [6, 6.07) is 7.64. The van der Waals surface area contributed by atoms with E-state index in [-0.39, 0.29) is 48.0 Å². The molecule has 23 heteroatoms. The third-order valence-corrected chi connectivity index (χ3v) is 13.9. The number of nitrogens with zero attached hydrogens (tertiary/aromatic N) is 2. The smallest absolute Gasteiger partial charge is 0.294 e. The first-order valence-electron chi connectivity index (χ1n) is 19.0. The summed E-state index contributed by atoms with van der Waals surface area (Å²) in [6.07, 6.45) is 10.6. The number of nitrogens with one attached hydrogen (secondary N) is 2. The number of carbonyl (C=O) groups excluding carboxylic acids is 2. The standard InChI is InChI=1S/C39H49BrN4O14S4/c1-38(2)30-24-28(61(53,54)55)13-15-32(30)43(20-22-59(47,48)49)34(38)10-5-8-27(12-17-36(45)41-18-7-19-42-37(46)26-40)9-6-11-35-39(3,4)31-25-29(62(56,57)58)14-16-33(31)44(35)21-23-60(50,51)52/h5-6,8-11,13-16,24-25H,7,12,17-23,26H2,1-4H3,(H5-,41,42,45,46,47,48,49,50,51,52,53,54,55,56,57,58). The summed E-state index contributed by atoms with van der Waals surface area (Å²) in [5, 5.41) is 5.64. The Morgan fingerprint density at radius 3 is 2.02 bits per heavy atom. The number of fused-ring (bicyclic) bond motifs is 2. The number of alkyl halides is 1. The van der Waals surface area contributed by atoms with Crippen molar-refractivity contribution in [2.24, 2.45) is 0 Å². The van der Waals surface area contributed by atoms with Crippen molar-refractivity contribution in [1.82, 2.24) is 10.6 Å². The van der Waals surface area contributed by atoms with Crippen molar-refractivity contribution in [2.75, 3.05) is 47.9 Å². The minimum atomic E-state index is -4.84. The lowest BCUT2D eigenvalue weighted by atomic mass is 9.81. The number of halogens is 1. The largest absolute Gasteiger partial charge is 0.744 e. The number of rotatable bonds is 20. The van der Waals surface area contributed by atoms with Crippen molar-refractivity contribution >= 4 is 85.3 Å². The zero-order chi connectivity index (χ0) is 46.5. The molecule has 0 aromatic heterocycles. The fraction of sp³-hybridized carbons (Fsp3) is 0.410. The highest BCUT2D eigenvalue weighted by atomic mass is 79.9. The Labute approximate surface area is 370 Å². The Hall–Kier alpha value is -4.07. The maximum Gasteiger partial charge on any atom is 0.294 e. The molecule has 0 fully saturated rings. The highest BCUT2D eigenvalue weighted by molar-refractivity contribution is 9.09. The van der Waals surface area contributed by atoms with Gasteiger partial charge < -0.3 is 20.1 Å². The van der Waals surface area contributed by atoms with Gasteiger partial charge in [-0.1, -0.05) is 54.1 Å². The van der Waals surface area contributed by atoms with E-state index >= 15 is 0 Å². The van der Waals surface area contributed by atoms with Gasteiger partial charge in [-0.25, -0.2) is 8.42 Å². The first-order valence-corrected chi connectivity index (χ1v) is 26.2. The molecule has 2 aliphatic heterocycles. The van der Waals surface area contributed by atoms with Gasteiger partial charge in [0.2, 0.25) is 17.5 Å². The van der Waals surface area contributed by atoms with E-state index in [1.54, 1.807) is 73.6 Å². The number of hydrogen-bond acceptors (Lipinski definition) is 12. The lowest BCUT2D eigenvalue weighted by Gasteiger charge is -2.26. The monoisotopic (exact) mass is 1000 g/mol. The minimum Gasteiger partial charge on any atom is -0.744 e. The van der Waals surface area contributed by atoms with Crippen LogP contribution in [0.5, 0.6) is 0 Å². The maximum absolute atomic E-state index is 12.9. The van der Waals surface area contributed by atoms with Crippen LogP contribution in [-0.4, -0.2) is 117 Å². The van der Waals surface area contributed by atoms with E-state index in [1.807, 2.05) is 0 Å². The van der Waals surface area contributed by atoms with Crippen LogP contribution in [0.15, 0.2) is 93.9 Å². The SMILES string of the molecule is CC1(C)C(/C=C/C=C(/C=C/C=C2/N(CCS(=O)(=O)O)c3ccc(S(=O)(=O)O)cc3C2(C)C)CCC(=O)NCCCNC(=O)CBr)=[N+](CCS(=O)(=O)O)c2ccc(S(=O)(=O)[O-])cc21. The second-order valence-corrected chi connectivity index (χ2v) is 22.0. The number of allylic oxidation sites excluding steroid dienone is 8. The molecule has 2 heterocycles. The zero-order valence-corrected chi connectivity index (χ0v) is 39.1. The van der Waals surface area contributed by atoms with Crippen LogP contribution in [-0.2, 0) is 60.9 Å². The first-order chi connectivity index (χ1) is 28.6. The summed E-state index contributed by atoms with van der Waals surface area (Å²) in [6.45, 7) is 7.25. The van der Waals surface area contributed by atoms with E-state index in [1.165, 1.54) is 30.3 Å².